The molecule has 26 heavy (non-hydrogen) atoms. The predicted octanol–water partition coefficient (Wildman–Crippen LogP) is 1.94. The number of thiophene rings is 1. The van der Waals surface area contributed by atoms with E-state index in [2.05, 4.69) is 30.7 Å². The first-order chi connectivity index (χ1) is 12.5. The molecule has 1 aromatic rings. The first kappa shape index (κ1) is 19.8. The summed E-state index contributed by atoms with van der Waals surface area (Å²) < 4.78 is 0. The number of hydrogen-bond acceptors (Lipinski definition) is 5. The fourth-order valence-electron chi connectivity index (χ4n) is 4.40. The van der Waals surface area contributed by atoms with Crippen LogP contribution in [0.25, 0.3) is 0 Å². The Labute approximate surface area is 161 Å². The standard InChI is InChI=1S/C20H33N3O2S/c1-4-18-15(2)26-14-19(18)20(25)23-11-16(17(12-23)13-24)10-22-7-5-6-21(3)8-9-22/h14,16-17,24H,4-13H2,1-3H3/t16-,17-/m1/s1. The van der Waals surface area contributed by atoms with Crippen molar-refractivity contribution in [2.45, 2.75) is 26.7 Å². The average molecular weight is 380 g/mol. The maximum absolute atomic E-state index is 13.1. The lowest BCUT2D eigenvalue weighted by molar-refractivity contribution is 0.0778. The number of likely N-dealkylation sites (tertiary alicyclic amines) is 1. The van der Waals surface area contributed by atoms with Crippen LogP contribution in [0.5, 0.6) is 0 Å². The second kappa shape index (κ2) is 8.83. The number of hydrogen-bond donors (Lipinski definition) is 1. The molecule has 2 aliphatic heterocycles. The Morgan fingerprint density at radius 1 is 1.23 bits per heavy atom. The SMILES string of the molecule is CCc1c(C(=O)N2C[C@@H](CN3CCCN(C)CC3)[C@@H](CO)C2)csc1C. The number of nitrogens with zero attached hydrogens (tertiary/aromatic N) is 3. The summed E-state index contributed by atoms with van der Waals surface area (Å²) in [6.45, 7) is 11.3. The molecule has 0 bridgehead atoms. The summed E-state index contributed by atoms with van der Waals surface area (Å²) >= 11 is 1.67. The maximum Gasteiger partial charge on any atom is 0.255 e. The van der Waals surface area contributed by atoms with Crippen LogP contribution in [0.3, 0.4) is 0 Å². The maximum atomic E-state index is 13.1. The Bertz CT molecular complexity index is 618. The molecule has 146 valence electrons. The quantitative estimate of drug-likeness (QED) is 0.849. The van der Waals surface area contributed by atoms with Crippen LogP contribution in [0.15, 0.2) is 5.38 Å². The summed E-state index contributed by atoms with van der Waals surface area (Å²) in [7, 11) is 2.18. The molecule has 0 unspecified atom stereocenters. The Balaban J connectivity index is 1.65. The molecule has 2 saturated heterocycles. The van der Waals surface area contributed by atoms with Crippen LogP contribution in [0.2, 0.25) is 0 Å². The van der Waals surface area contributed by atoms with Gasteiger partial charge >= 0.3 is 0 Å². The lowest BCUT2D eigenvalue weighted by Gasteiger charge is -2.26. The molecule has 1 N–H and O–H groups in total. The van der Waals surface area contributed by atoms with Gasteiger partial charge in [-0.05, 0) is 51.4 Å². The number of aliphatic hydroxyl groups excluding tert-OH is 1. The van der Waals surface area contributed by atoms with Crippen LogP contribution in [0.4, 0.5) is 0 Å². The molecule has 3 heterocycles. The molecular formula is C20H33N3O2S. The molecule has 3 rings (SSSR count). The van der Waals surface area contributed by atoms with Crippen molar-refractivity contribution >= 4 is 17.2 Å². The van der Waals surface area contributed by atoms with Crippen molar-refractivity contribution in [3.63, 3.8) is 0 Å². The van der Waals surface area contributed by atoms with Crippen molar-refractivity contribution in [3.05, 3.63) is 21.4 Å². The number of carbonyl (C=O) groups is 1. The van der Waals surface area contributed by atoms with Crippen molar-refractivity contribution in [2.24, 2.45) is 11.8 Å². The molecule has 0 aromatic carbocycles. The van der Waals surface area contributed by atoms with E-state index in [-0.39, 0.29) is 18.4 Å². The molecule has 1 aromatic heterocycles. The van der Waals surface area contributed by atoms with Crippen molar-refractivity contribution < 1.29 is 9.90 Å². The van der Waals surface area contributed by atoms with Crippen LogP contribution < -0.4 is 0 Å². The minimum atomic E-state index is 0.155. The molecule has 1 amide bonds. The van der Waals surface area contributed by atoms with Crippen LogP contribution in [-0.2, 0) is 6.42 Å². The largest absolute Gasteiger partial charge is 0.396 e. The van der Waals surface area contributed by atoms with Crippen LogP contribution in [0.1, 0.15) is 34.1 Å². The van der Waals surface area contributed by atoms with Crippen LogP contribution in [0, 0.1) is 18.8 Å². The minimum absolute atomic E-state index is 0.155. The van der Waals surface area contributed by atoms with Gasteiger partial charge in [-0.15, -0.1) is 11.3 Å². The third-order valence-electron chi connectivity index (χ3n) is 6.09. The third-order valence-corrected chi connectivity index (χ3v) is 7.04. The summed E-state index contributed by atoms with van der Waals surface area (Å²) in [6, 6.07) is 0. The Morgan fingerprint density at radius 3 is 2.73 bits per heavy atom. The van der Waals surface area contributed by atoms with Gasteiger partial charge in [0.2, 0.25) is 0 Å². The van der Waals surface area contributed by atoms with Crippen molar-refractivity contribution in [1.29, 1.82) is 0 Å². The zero-order valence-electron chi connectivity index (χ0n) is 16.4. The molecule has 0 spiro atoms. The van der Waals surface area contributed by atoms with Crippen molar-refractivity contribution in [1.82, 2.24) is 14.7 Å². The highest BCUT2D eigenvalue weighted by molar-refractivity contribution is 7.10. The van der Waals surface area contributed by atoms with E-state index < -0.39 is 0 Å². The predicted molar refractivity (Wildman–Crippen MR) is 107 cm³/mol. The number of aliphatic hydroxyl groups is 1. The molecule has 0 aliphatic carbocycles. The third kappa shape index (κ3) is 4.30. The summed E-state index contributed by atoms with van der Waals surface area (Å²) in [6.07, 6.45) is 2.10. The number of aryl methyl sites for hydroxylation is 1. The molecule has 5 nitrogen and oxygen atoms in total. The molecular weight excluding hydrogens is 346 g/mol. The molecule has 0 saturated carbocycles. The van der Waals surface area contributed by atoms with Gasteiger partial charge in [0.1, 0.15) is 0 Å². The van der Waals surface area contributed by atoms with Crippen molar-refractivity contribution in [2.75, 3.05) is 59.5 Å². The average Bonchev–Trinajstić information content (AvgIpc) is 3.15. The van der Waals surface area contributed by atoms with E-state index in [1.165, 1.54) is 16.9 Å². The second-order valence-electron chi connectivity index (χ2n) is 7.91. The highest BCUT2D eigenvalue weighted by Crippen LogP contribution is 2.29. The van der Waals surface area contributed by atoms with Crippen LogP contribution in [-0.4, -0.2) is 85.2 Å². The lowest BCUT2D eigenvalue weighted by Crippen LogP contribution is -2.36. The van der Waals surface area contributed by atoms with E-state index in [1.54, 1.807) is 11.3 Å². The monoisotopic (exact) mass is 379 g/mol. The van der Waals surface area contributed by atoms with E-state index in [4.69, 9.17) is 0 Å². The molecule has 2 atom stereocenters. The number of rotatable bonds is 5. The van der Waals surface area contributed by atoms with E-state index >= 15 is 0 Å². The highest BCUT2D eigenvalue weighted by Gasteiger charge is 2.36. The summed E-state index contributed by atoms with van der Waals surface area (Å²) in [5, 5.41) is 11.9. The molecule has 2 aliphatic rings. The van der Waals surface area contributed by atoms with Gasteiger partial charge in [0.05, 0.1) is 5.56 Å². The van der Waals surface area contributed by atoms with Gasteiger partial charge in [-0.25, -0.2) is 0 Å². The summed E-state index contributed by atoms with van der Waals surface area (Å²) in [4.78, 5) is 21.2. The smallest absolute Gasteiger partial charge is 0.255 e. The van der Waals surface area contributed by atoms with Gasteiger partial charge in [-0.1, -0.05) is 6.92 Å². The zero-order chi connectivity index (χ0) is 18.7. The normalized spacial score (nSPS) is 25.6. The lowest BCUT2D eigenvalue weighted by atomic mass is 9.96. The van der Waals surface area contributed by atoms with E-state index in [0.29, 0.717) is 12.5 Å². The van der Waals surface area contributed by atoms with E-state index in [9.17, 15) is 9.90 Å². The van der Waals surface area contributed by atoms with Gasteiger partial charge in [0.25, 0.3) is 5.91 Å². The first-order valence-corrected chi connectivity index (χ1v) is 10.8. The van der Waals surface area contributed by atoms with Crippen LogP contribution >= 0.6 is 11.3 Å². The van der Waals surface area contributed by atoms with Gasteiger partial charge in [0, 0.05) is 55.5 Å². The highest BCUT2D eigenvalue weighted by atomic mass is 32.1. The van der Waals surface area contributed by atoms with Crippen molar-refractivity contribution in [3.8, 4) is 0 Å². The van der Waals surface area contributed by atoms with E-state index in [0.717, 1.165) is 51.3 Å². The Morgan fingerprint density at radius 2 is 2.00 bits per heavy atom. The number of amides is 1. The fourth-order valence-corrected chi connectivity index (χ4v) is 5.34. The molecule has 2 fully saturated rings. The van der Waals surface area contributed by atoms with Gasteiger partial charge in [0.15, 0.2) is 0 Å². The minimum Gasteiger partial charge on any atom is -0.396 e. The summed E-state index contributed by atoms with van der Waals surface area (Å²) in [5.41, 5.74) is 2.07. The zero-order valence-corrected chi connectivity index (χ0v) is 17.2. The number of carbonyl (C=O) groups excluding carboxylic acids is 1. The topological polar surface area (TPSA) is 47.0 Å². The Kier molecular flexibility index (Phi) is 6.72. The Hall–Kier alpha value is -0.950. The van der Waals surface area contributed by atoms with Gasteiger partial charge in [-0.2, -0.15) is 0 Å². The van der Waals surface area contributed by atoms with Gasteiger partial charge in [-0.3, -0.25) is 4.79 Å². The van der Waals surface area contributed by atoms with Gasteiger partial charge < -0.3 is 19.8 Å². The second-order valence-corrected chi connectivity index (χ2v) is 8.99. The number of likely N-dealkylation sites (N-methyl/N-ethyl adjacent to an activating group) is 1. The van der Waals surface area contributed by atoms with E-state index in [1.807, 2.05) is 10.3 Å². The summed E-state index contributed by atoms with van der Waals surface area (Å²) in [5.74, 6) is 0.727. The molecule has 6 heteroatoms. The molecule has 0 radical (unpaired) electrons. The fraction of sp³-hybridized carbons (Fsp3) is 0.750. The first-order valence-electron chi connectivity index (χ1n) is 9.91.